The van der Waals surface area contributed by atoms with Gasteiger partial charge in [-0.05, 0) is 41.3 Å². The Balaban J connectivity index is 1.62. The molecule has 0 spiro atoms. The Labute approximate surface area is 191 Å². The normalized spacial score (nSPS) is 18.6. The van der Waals surface area contributed by atoms with E-state index in [-0.39, 0.29) is 41.2 Å². The summed E-state index contributed by atoms with van der Waals surface area (Å²) in [5, 5.41) is 3.09. The minimum Gasteiger partial charge on any atom is -0.338 e. The van der Waals surface area contributed by atoms with Gasteiger partial charge in [0.2, 0.25) is 11.8 Å². The maximum absolute atomic E-state index is 14.4. The molecule has 1 saturated heterocycles. The highest BCUT2D eigenvalue weighted by Crippen LogP contribution is 2.32. The first kappa shape index (κ1) is 22.3. The van der Waals surface area contributed by atoms with E-state index in [1.54, 1.807) is 35.2 Å². The molecule has 0 radical (unpaired) electrons. The highest BCUT2D eigenvalue weighted by molar-refractivity contribution is 6.30. The molecule has 2 aromatic rings. The molecule has 2 heterocycles. The molecule has 4 rings (SSSR count). The van der Waals surface area contributed by atoms with Gasteiger partial charge in [0.15, 0.2) is 0 Å². The number of nitrogens with zero attached hydrogens (tertiary/aromatic N) is 2. The molecule has 1 N–H and O–H groups in total. The van der Waals surface area contributed by atoms with Crippen LogP contribution in [0, 0.1) is 11.2 Å². The largest absolute Gasteiger partial charge is 0.338 e. The molecule has 3 amide bonds. The monoisotopic (exact) mass is 457 g/mol. The van der Waals surface area contributed by atoms with Gasteiger partial charge >= 0.3 is 0 Å². The summed E-state index contributed by atoms with van der Waals surface area (Å²) in [4.78, 5) is 42.1. The number of hydrogen-bond acceptors (Lipinski definition) is 3. The average molecular weight is 458 g/mol. The molecule has 2 aliphatic heterocycles. The Morgan fingerprint density at radius 2 is 1.88 bits per heavy atom. The molecule has 1 atom stereocenters. The van der Waals surface area contributed by atoms with Gasteiger partial charge in [0.25, 0.3) is 5.91 Å². The predicted octanol–water partition coefficient (Wildman–Crippen LogP) is 4.19. The van der Waals surface area contributed by atoms with Crippen molar-refractivity contribution in [1.82, 2.24) is 9.80 Å². The van der Waals surface area contributed by atoms with E-state index in [0.29, 0.717) is 35.3 Å². The Kier molecular flexibility index (Phi) is 5.71. The van der Waals surface area contributed by atoms with Crippen LogP contribution in [0.3, 0.4) is 0 Å². The third-order valence-electron chi connectivity index (χ3n) is 5.73. The lowest BCUT2D eigenvalue weighted by molar-refractivity contribution is -0.137. The quantitative estimate of drug-likeness (QED) is 0.735. The van der Waals surface area contributed by atoms with Crippen molar-refractivity contribution >= 4 is 35.0 Å². The summed E-state index contributed by atoms with van der Waals surface area (Å²) in [7, 11) is 0. The standard InChI is InChI=1S/C24H25ClFN3O3/c1-24(2,3)12-21(30)28-8-9-29-20(13-28)22(31)27-19-7-4-14(10-17(19)23(29)32)16-6-5-15(25)11-18(16)26/h4-7,10-11,20H,8-9,12-13H2,1-3H3,(H,27,31). The molecule has 0 bridgehead atoms. The lowest BCUT2D eigenvalue weighted by atomic mass is 9.91. The van der Waals surface area contributed by atoms with Crippen LogP contribution < -0.4 is 5.32 Å². The molecular formula is C24H25ClFN3O3. The highest BCUT2D eigenvalue weighted by atomic mass is 35.5. The van der Waals surface area contributed by atoms with Gasteiger partial charge in [-0.3, -0.25) is 14.4 Å². The lowest BCUT2D eigenvalue weighted by Crippen LogP contribution is -2.59. The molecule has 8 heteroatoms. The van der Waals surface area contributed by atoms with Crippen molar-refractivity contribution in [2.24, 2.45) is 5.41 Å². The first-order valence-corrected chi connectivity index (χ1v) is 10.9. The molecule has 0 aromatic heterocycles. The van der Waals surface area contributed by atoms with E-state index in [1.165, 1.54) is 11.0 Å². The van der Waals surface area contributed by atoms with Crippen molar-refractivity contribution in [3.05, 3.63) is 52.8 Å². The van der Waals surface area contributed by atoms with E-state index in [0.717, 1.165) is 0 Å². The Bertz CT molecular complexity index is 1110. The average Bonchev–Trinajstić information content (AvgIpc) is 2.81. The highest BCUT2D eigenvalue weighted by Gasteiger charge is 2.40. The molecular weight excluding hydrogens is 433 g/mol. The molecule has 2 aliphatic rings. The van der Waals surface area contributed by atoms with Crippen molar-refractivity contribution in [3.63, 3.8) is 0 Å². The van der Waals surface area contributed by atoms with E-state index in [1.807, 2.05) is 20.8 Å². The second kappa shape index (κ2) is 8.20. The summed E-state index contributed by atoms with van der Waals surface area (Å²) >= 11 is 5.85. The van der Waals surface area contributed by atoms with Crippen LogP contribution in [0.25, 0.3) is 11.1 Å². The fourth-order valence-corrected chi connectivity index (χ4v) is 4.29. The summed E-state index contributed by atoms with van der Waals surface area (Å²) in [6, 6.07) is 8.43. The lowest BCUT2D eigenvalue weighted by Gasteiger charge is -2.40. The van der Waals surface area contributed by atoms with Crippen molar-refractivity contribution in [3.8, 4) is 11.1 Å². The number of benzene rings is 2. The first-order valence-electron chi connectivity index (χ1n) is 10.5. The maximum atomic E-state index is 14.4. The van der Waals surface area contributed by atoms with E-state index < -0.39 is 11.9 Å². The molecule has 32 heavy (non-hydrogen) atoms. The van der Waals surface area contributed by atoms with Crippen LogP contribution >= 0.6 is 11.6 Å². The predicted molar refractivity (Wildman–Crippen MR) is 121 cm³/mol. The van der Waals surface area contributed by atoms with Crippen molar-refractivity contribution < 1.29 is 18.8 Å². The number of hydrogen-bond donors (Lipinski definition) is 1. The molecule has 0 saturated carbocycles. The summed E-state index contributed by atoms with van der Waals surface area (Å²) in [6.45, 7) is 6.73. The Morgan fingerprint density at radius 3 is 2.56 bits per heavy atom. The molecule has 1 unspecified atom stereocenters. The number of amides is 3. The molecule has 1 fully saturated rings. The van der Waals surface area contributed by atoms with Gasteiger partial charge in [-0.15, -0.1) is 0 Å². The smallest absolute Gasteiger partial charge is 0.256 e. The SMILES string of the molecule is CC(C)(C)CC(=O)N1CCN2C(=O)c3cc(-c4ccc(Cl)cc4F)ccc3NC(=O)C2C1. The van der Waals surface area contributed by atoms with E-state index in [9.17, 15) is 18.8 Å². The van der Waals surface area contributed by atoms with Crippen LogP contribution in [0.1, 0.15) is 37.6 Å². The van der Waals surface area contributed by atoms with Gasteiger partial charge in [-0.2, -0.15) is 0 Å². The van der Waals surface area contributed by atoms with Gasteiger partial charge in [-0.1, -0.05) is 38.4 Å². The van der Waals surface area contributed by atoms with Gasteiger partial charge in [-0.25, -0.2) is 4.39 Å². The number of anilines is 1. The second-order valence-corrected chi connectivity index (χ2v) is 9.90. The molecule has 0 aliphatic carbocycles. The summed E-state index contributed by atoms with van der Waals surface area (Å²) in [5.41, 5.74) is 1.33. The van der Waals surface area contributed by atoms with Crippen molar-refractivity contribution in [2.75, 3.05) is 25.0 Å². The summed E-state index contributed by atoms with van der Waals surface area (Å²) in [5.74, 6) is -1.18. The number of piperazine rings is 1. The van der Waals surface area contributed by atoms with Crippen LogP contribution in [0.15, 0.2) is 36.4 Å². The fraction of sp³-hybridized carbons (Fsp3) is 0.375. The van der Waals surface area contributed by atoms with Gasteiger partial charge in [0.05, 0.1) is 17.8 Å². The Hall–Kier alpha value is -2.93. The van der Waals surface area contributed by atoms with Crippen LogP contribution in [-0.2, 0) is 9.59 Å². The van der Waals surface area contributed by atoms with E-state index >= 15 is 0 Å². The minimum atomic E-state index is -0.775. The van der Waals surface area contributed by atoms with Gasteiger partial charge in [0, 0.05) is 30.1 Å². The van der Waals surface area contributed by atoms with Crippen molar-refractivity contribution in [2.45, 2.75) is 33.2 Å². The number of carbonyl (C=O) groups is 3. The molecule has 168 valence electrons. The number of fused-ring (bicyclic) bond motifs is 2. The Morgan fingerprint density at radius 1 is 1.12 bits per heavy atom. The zero-order valence-electron chi connectivity index (χ0n) is 18.2. The van der Waals surface area contributed by atoms with E-state index in [2.05, 4.69) is 5.32 Å². The van der Waals surface area contributed by atoms with Crippen LogP contribution in [-0.4, -0.2) is 53.2 Å². The first-order chi connectivity index (χ1) is 15.0. The van der Waals surface area contributed by atoms with Gasteiger partial charge in [0.1, 0.15) is 11.9 Å². The van der Waals surface area contributed by atoms with Crippen LogP contribution in [0.4, 0.5) is 10.1 Å². The third kappa shape index (κ3) is 4.35. The topological polar surface area (TPSA) is 69.7 Å². The summed E-state index contributed by atoms with van der Waals surface area (Å²) < 4.78 is 14.4. The third-order valence-corrected chi connectivity index (χ3v) is 5.96. The zero-order valence-corrected chi connectivity index (χ0v) is 19.0. The second-order valence-electron chi connectivity index (χ2n) is 9.47. The van der Waals surface area contributed by atoms with Crippen molar-refractivity contribution in [1.29, 1.82) is 0 Å². The van der Waals surface area contributed by atoms with Crippen LogP contribution in [0.2, 0.25) is 5.02 Å². The van der Waals surface area contributed by atoms with Crippen LogP contribution in [0.5, 0.6) is 0 Å². The number of carbonyl (C=O) groups excluding carboxylic acids is 3. The molecule has 6 nitrogen and oxygen atoms in total. The number of rotatable bonds is 2. The maximum Gasteiger partial charge on any atom is 0.256 e. The van der Waals surface area contributed by atoms with E-state index in [4.69, 9.17) is 11.6 Å². The number of halogens is 2. The molecule has 2 aromatic carbocycles. The minimum absolute atomic E-state index is 0.0281. The fourth-order valence-electron chi connectivity index (χ4n) is 4.13. The van der Waals surface area contributed by atoms with Gasteiger partial charge < -0.3 is 15.1 Å². The number of nitrogens with one attached hydrogen (secondary N) is 1. The zero-order chi connectivity index (χ0) is 23.2. The summed E-state index contributed by atoms with van der Waals surface area (Å²) in [6.07, 6.45) is 0.367.